The van der Waals surface area contributed by atoms with Crippen LogP contribution in [0.5, 0.6) is 5.75 Å². The van der Waals surface area contributed by atoms with Crippen LogP contribution >= 0.6 is 45.2 Å². The van der Waals surface area contributed by atoms with Crippen molar-refractivity contribution in [2.24, 2.45) is 0 Å². The summed E-state index contributed by atoms with van der Waals surface area (Å²) in [6, 6.07) is 14.5. The maximum atomic E-state index is 12.2. The van der Waals surface area contributed by atoms with Crippen molar-refractivity contribution >= 4 is 73.6 Å². The minimum absolute atomic E-state index is 0.0539. The number of esters is 1. The summed E-state index contributed by atoms with van der Waals surface area (Å²) in [5.74, 6) is -0.687. The van der Waals surface area contributed by atoms with Gasteiger partial charge >= 0.3 is 5.97 Å². The fourth-order valence-electron chi connectivity index (χ4n) is 3.39. The number of aromatic hydroxyl groups is 1. The molecule has 1 aromatic heterocycles. The molecule has 0 bridgehead atoms. The number of aromatic nitrogens is 1. The number of aryl methyl sites for hydroxylation is 1. The van der Waals surface area contributed by atoms with Crippen molar-refractivity contribution in [3.63, 3.8) is 0 Å². The predicted molar refractivity (Wildman–Crippen MR) is 156 cm³/mol. The Labute approximate surface area is 232 Å². The third kappa shape index (κ3) is 8.48. The van der Waals surface area contributed by atoms with Crippen LogP contribution in [-0.2, 0) is 20.9 Å². The van der Waals surface area contributed by atoms with Crippen LogP contribution in [0.2, 0.25) is 0 Å². The molecule has 0 fully saturated rings. The number of halogens is 2. The minimum atomic E-state index is -0.572. The van der Waals surface area contributed by atoms with E-state index in [1.54, 1.807) is 30.2 Å². The van der Waals surface area contributed by atoms with Gasteiger partial charge in [0, 0.05) is 37.4 Å². The first kappa shape index (κ1) is 29.1. The summed E-state index contributed by atoms with van der Waals surface area (Å²) in [5.41, 5.74) is 0.838. The topological polar surface area (TPSA) is 88.8 Å². The van der Waals surface area contributed by atoms with Gasteiger partial charge in [-0.2, -0.15) is 0 Å². The first-order valence-electron chi connectivity index (χ1n) is 11.2. The summed E-state index contributed by atoms with van der Waals surface area (Å²) in [5, 5.41) is 10.4. The van der Waals surface area contributed by atoms with Crippen LogP contribution in [0.15, 0.2) is 53.3 Å². The summed E-state index contributed by atoms with van der Waals surface area (Å²) in [7, 11) is 0. The first-order valence-corrected chi connectivity index (χ1v) is 13.3. The van der Waals surface area contributed by atoms with E-state index in [4.69, 9.17) is 4.74 Å². The maximum Gasteiger partial charge on any atom is 0.315 e. The lowest BCUT2D eigenvalue weighted by Crippen LogP contribution is -2.34. The number of hydrogen-bond acceptors (Lipinski definition) is 5. The highest BCUT2D eigenvalue weighted by atomic mass is 127. The molecule has 1 N–H and O–H groups in total. The quantitative estimate of drug-likeness (QED) is 0.209. The number of nitrogens with zero attached hydrogens (tertiary/aromatic N) is 2. The van der Waals surface area contributed by atoms with Crippen LogP contribution in [0.1, 0.15) is 41.0 Å². The van der Waals surface area contributed by atoms with E-state index < -0.39 is 11.6 Å². The molecule has 0 unspecified atom stereocenters. The average molecular weight is 704 g/mol. The summed E-state index contributed by atoms with van der Waals surface area (Å²) in [6.07, 6.45) is -0.239. The van der Waals surface area contributed by atoms with Crippen molar-refractivity contribution in [3.05, 3.63) is 66.0 Å². The molecular weight excluding hydrogens is 674 g/mol. The van der Waals surface area contributed by atoms with E-state index in [0.717, 1.165) is 23.7 Å². The van der Waals surface area contributed by atoms with Crippen molar-refractivity contribution in [1.29, 1.82) is 0 Å². The third-order valence-electron chi connectivity index (χ3n) is 4.84. The van der Waals surface area contributed by atoms with Crippen LogP contribution in [0.3, 0.4) is 0 Å². The number of carbonyl (C=O) groups is 2. The smallest absolute Gasteiger partial charge is 0.315 e. The van der Waals surface area contributed by atoms with Crippen molar-refractivity contribution in [1.82, 2.24) is 4.57 Å². The Morgan fingerprint density at radius 2 is 1.60 bits per heavy atom. The summed E-state index contributed by atoms with van der Waals surface area (Å²) in [6.45, 7) is 10.3. The van der Waals surface area contributed by atoms with Gasteiger partial charge in [0.2, 0.25) is 5.91 Å². The molecule has 9 heteroatoms. The third-order valence-corrected chi connectivity index (χ3v) is 6.23. The van der Waals surface area contributed by atoms with Crippen molar-refractivity contribution < 1.29 is 19.4 Å². The minimum Gasteiger partial charge on any atom is -0.507 e. The van der Waals surface area contributed by atoms with Crippen LogP contribution in [-0.4, -0.2) is 33.7 Å². The number of ether oxygens (including phenoxy) is 1. The number of benzene rings is 2. The zero-order valence-corrected chi connectivity index (χ0v) is 24.8. The number of rotatable bonds is 5. The zero-order valence-electron chi connectivity index (χ0n) is 20.5. The van der Waals surface area contributed by atoms with Crippen molar-refractivity contribution in [3.8, 4) is 5.75 Å². The summed E-state index contributed by atoms with van der Waals surface area (Å²) < 4.78 is 8.95. The Morgan fingerprint density at radius 1 is 1.00 bits per heavy atom. The molecule has 0 spiro atoms. The van der Waals surface area contributed by atoms with Gasteiger partial charge in [0.05, 0.1) is 5.52 Å². The van der Waals surface area contributed by atoms with Gasteiger partial charge in [-0.15, -0.1) is 0 Å². The van der Waals surface area contributed by atoms with Crippen LogP contribution < -0.4 is 10.5 Å². The van der Waals surface area contributed by atoms with Crippen LogP contribution in [0.4, 0.5) is 5.69 Å². The molecule has 35 heavy (non-hydrogen) atoms. The van der Waals surface area contributed by atoms with Gasteiger partial charge in [-0.3, -0.25) is 14.4 Å². The van der Waals surface area contributed by atoms with Gasteiger partial charge in [-0.05, 0) is 122 Å². The fraction of sp³-hybridized carbons (Fsp3) is 0.346. The molecule has 0 saturated carbocycles. The molecule has 0 aliphatic heterocycles. The van der Waals surface area contributed by atoms with E-state index in [2.05, 4.69) is 45.2 Å². The van der Waals surface area contributed by atoms with Gasteiger partial charge < -0.3 is 19.3 Å². The fourth-order valence-corrected chi connectivity index (χ4v) is 4.24. The Hall–Kier alpha value is -2.15. The SMILES string of the molecule is CCN(C(=O)CC(=O)OC(C)(C)C)c1ccc(I)cc1.CCn1c(=O)cc(O)c2cc(I)ccc21. The second kappa shape index (κ2) is 12.7. The largest absolute Gasteiger partial charge is 0.507 e. The molecule has 3 aromatic rings. The molecule has 0 aliphatic rings. The lowest BCUT2D eigenvalue weighted by Gasteiger charge is -2.23. The standard InChI is InChI=1S/C15H20INO3.C11H10INO2/c1-5-17(12-8-6-11(16)7-9-12)13(18)10-14(19)20-15(2,3)4;1-2-13-9-4-3-7(12)5-8(9)10(14)6-11(13)15/h6-9H,5,10H2,1-4H3;3-6,14H,2H2,1H3. The molecule has 0 radical (unpaired) electrons. The number of carbonyl (C=O) groups excluding carboxylic acids is 2. The van der Waals surface area contributed by atoms with E-state index in [0.29, 0.717) is 13.1 Å². The van der Waals surface area contributed by atoms with Crippen LogP contribution in [0.25, 0.3) is 10.9 Å². The van der Waals surface area contributed by atoms with Gasteiger partial charge in [-0.1, -0.05) is 0 Å². The number of amides is 1. The Kier molecular flexibility index (Phi) is 10.6. The first-order chi connectivity index (χ1) is 16.4. The number of fused-ring (bicyclic) bond motifs is 1. The molecular formula is C26H30I2N2O5. The highest BCUT2D eigenvalue weighted by Gasteiger charge is 2.22. The molecule has 0 aliphatic carbocycles. The summed E-state index contributed by atoms with van der Waals surface area (Å²) >= 11 is 4.38. The normalized spacial score (nSPS) is 10.9. The van der Waals surface area contributed by atoms with E-state index in [-0.39, 0.29) is 23.6 Å². The number of anilines is 1. The highest BCUT2D eigenvalue weighted by Crippen LogP contribution is 2.24. The number of pyridine rings is 1. The lowest BCUT2D eigenvalue weighted by atomic mass is 10.2. The predicted octanol–water partition coefficient (Wildman–Crippen LogP) is 5.71. The average Bonchev–Trinajstić information content (AvgIpc) is 2.75. The van der Waals surface area contributed by atoms with E-state index in [1.165, 1.54) is 6.07 Å². The molecule has 188 valence electrons. The monoisotopic (exact) mass is 704 g/mol. The lowest BCUT2D eigenvalue weighted by molar-refractivity contribution is -0.156. The van der Waals surface area contributed by atoms with Gasteiger partial charge in [0.1, 0.15) is 17.8 Å². The maximum absolute atomic E-state index is 12.2. The van der Waals surface area contributed by atoms with E-state index in [1.807, 2.05) is 56.3 Å². The summed E-state index contributed by atoms with van der Waals surface area (Å²) in [4.78, 5) is 37.0. The molecule has 0 saturated heterocycles. The van der Waals surface area contributed by atoms with Gasteiger partial charge in [-0.25, -0.2) is 0 Å². The Balaban J connectivity index is 0.000000256. The van der Waals surface area contributed by atoms with Gasteiger partial charge in [0.25, 0.3) is 5.56 Å². The van der Waals surface area contributed by atoms with E-state index >= 15 is 0 Å². The molecule has 0 atom stereocenters. The molecule has 1 heterocycles. The number of hydrogen-bond donors (Lipinski definition) is 1. The Morgan fingerprint density at radius 3 is 2.14 bits per heavy atom. The molecule has 7 nitrogen and oxygen atoms in total. The van der Waals surface area contributed by atoms with Crippen molar-refractivity contribution in [2.75, 3.05) is 11.4 Å². The van der Waals surface area contributed by atoms with E-state index in [9.17, 15) is 19.5 Å². The molecule has 2 aromatic carbocycles. The Bertz CT molecular complexity index is 1250. The molecule has 1 amide bonds. The second-order valence-corrected chi connectivity index (χ2v) is 11.1. The zero-order chi connectivity index (χ0) is 26.3. The van der Waals surface area contributed by atoms with Crippen LogP contribution in [0, 0.1) is 7.14 Å². The molecule has 3 rings (SSSR count). The van der Waals surface area contributed by atoms with Gasteiger partial charge in [0.15, 0.2) is 0 Å². The second-order valence-electron chi connectivity index (χ2n) is 8.65. The van der Waals surface area contributed by atoms with Crippen molar-refractivity contribution in [2.45, 2.75) is 53.2 Å². The highest BCUT2D eigenvalue weighted by molar-refractivity contribution is 14.1.